The monoisotopic (exact) mass is 398 g/mol. The third-order valence-corrected chi connectivity index (χ3v) is 4.79. The molecule has 0 aromatic heterocycles. The fourth-order valence-electron chi connectivity index (χ4n) is 2.73. The molecule has 2 atom stereocenters. The Morgan fingerprint density at radius 2 is 1.62 bits per heavy atom. The van der Waals surface area contributed by atoms with Gasteiger partial charge < -0.3 is 19.7 Å². The quantitative estimate of drug-likeness (QED) is 0.666. The van der Waals surface area contributed by atoms with E-state index in [-0.39, 0.29) is 24.5 Å². The van der Waals surface area contributed by atoms with Crippen LogP contribution in [0.5, 0.6) is 11.5 Å². The van der Waals surface area contributed by atoms with E-state index >= 15 is 0 Å². The van der Waals surface area contributed by atoms with Crippen LogP contribution in [0.15, 0.2) is 54.6 Å². The molecule has 0 saturated carbocycles. The molecule has 0 radical (unpaired) electrons. The van der Waals surface area contributed by atoms with Gasteiger partial charge in [0.2, 0.25) is 5.91 Å². The Labute approximate surface area is 172 Å². The molecule has 0 bridgehead atoms. The lowest BCUT2D eigenvalue weighted by Crippen LogP contribution is -2.50. The Kier molecular flexibility index (Phi) is 8.52. The van der Waals surface area contributed by atoms with E-state index in [9.17, 15) is 9.59 Å². The van der Waals surface area contributed by atoms with Gasteiger partial charge in [-0.25, -0.2) is 0 Å². The van der Waals surface area contributed by atoms with Gasteiger partial charge in [0.25, 0.3) is 5.91 Å². The van der Waals surface area contributed by atoms with E-state index < -0.39 is 6.04 Å². The minimum atomic E-state index is -0.615. The van der Waals surface area contributed by atoms with Gasteiger partial charge in [0.1, 0.15) is 17.5 Å². The molecule has 6 heteroatoms. The van der Waals surface area contributed by atoms with E-state index in [0.717, 1.165) is 12.0 Å². The first-order valence-corrected chi connectivity index (χ1v) is 9.85. The summed E-state index contributed by atoms with van der Waals surface area (Å²) in [6.07, 6.45) is 0.825. The molecule has 2 amide bonds. The van der Waals surface area contributed by atoms with Gasteiger partial charge in [-0.1, -0.05) is 37.3 Å². The van der Waals surface area contributed by atoms with Gasteiger partial charge in [-0.15, -0.1) is 0 Å². The van der Waals surface area contributed by atoms with E-state index in [1.54, 1.807) is 43.2 Å². The van der Waals surface area contributed by atoms with Crippen LogP contribution >= 0.6 is 0 Å². The largest absolute Gasteiger partial charge is 0.497 e. The average Bonchev–Trinajstić information content (AvgIpc) is 2.76. The lowest BCUT2D eigenvalue weighted by Gasteiger charge is -2.29. The maximum absolute atomic E-state index is 12.9. The van der Waals surface area contributed by atoms with Crippen molar-refractivity contribution >= 4 is 11.8 Å². The number of carbonyl (C=O) groups excluding carboxylic acids is 2. The van der Waals surface area contributed by atoms with Crippen molar-refractivity contribution in [3.63, 3.8) is 0 Å². The number of nitrogens with zero attached hydrogens (tertiary/aromatic N) is 1. The van der Waals surface area contributed by atoms with Crippen LogP contribution in [0, 0.1) is 0 Å². The summed E-state index contributed by atoms with van der Waals surface area (Å²) in [5, 5.41) is 2.95. The molecule has 6 nitrogen and oxygen atoms in total. The smallest absolute Gasteiger partial charge is 0.261 e. The van der Waals surface area contributed by atoms with Crippen LogP contribution in [0.1, 0.15) is 32.8 Å². The number of benzene rings is 2. The van der Waals surface area contributed by atoms with E-state index in [0.29, 0.717) is 18.0 Å². The van der Waals surface area contributed by atoms with E-state index in [1.807, 2.05) is 44.2 Å². The fourth-order valence-corrected chi connectivity index (χ4v) is 2.73. The summed E-state index contributed by atoms with van der Waals surface area (Å²) >= 11 is 0. The van der Waals surface area contributed by atoms with Crippen molar-refractivity contribution in [1.82, 2.24) is 10.2 Å². The van der Waals surface area contributed by atoms with Crippen LogP contribution in [0.25, 0.3) is 0 Å². The number of nitrogens with one attached hydrogen (secondary N) is 1. The lowest BCUT2D eigenvalue weighted by molar-refractivity contribution is -0.142. The van der Waals surface area contributed by atoms with E-state index in [4.69, 9.17) is 9.47 Å². The van der Waals surface area contributed by atoms with Crippen LogP contribution in [-0.2, 0) is 16.1 Å². The standard InChI is InChI=1S/C23H30N2O4/c1-5-17(2)24-23(27)18(3)25(15-19-9-7-6-8-10-19)22(26)16-29-21-13-11-20(28-4)12-14-21/h6-14,17-18H,5,15-16H2,1-4H3,(H,24,27)/t17-,18-/m1/s1. The van der Waals surface area contributed by atoms with E-state index in [1.165, 1.54) is 0 Å². The van der Waals surface area contributed by atoms with Crippen LogP contribution < -0.4 is 14.8 Å². The predicted octanol–water partition coefficient (Wildman–Crippen LogP) is 3.41. The number of ether oxygens (including phenoxy) is 2. The molecule has 0 spiro atoms. The fraction of sp³-hybridized carbons (Fsp3) is 0.391. The average molecular weight is 399 g/mol. The molecule has 2 rings (SSSR count). The molecule has 0 saturated heterocycles. The second kappa shape index (κ2) is 11.1. The molecule has 0 heterocycles. The molecule has 29 heavy (non-hydrogen) atoms. The van der Waals surface area contributed by atoms with Crippen LogP contribution in [0.2, 0.25) is 0 Å². The highest BCUT2D eigenvalue weighted by molar-refractivity contribution is 5.88. The first-order chi connectivity index (χ1) is 13.9. The Balaban J connectivity index is 2.09. The van der Waals surface area contributed by atoms with Gasteiger partial charge >= 0.3 is 0 Å². The number of amides is 2. The van der Waals surface area contributed by atoms with Crippen molar-refractivity contribution in [2.75, 3.05) is 13.7 Å². The van der Waals surface area contributed by atoms with Crippen molar-refractivity contribution < 1.29 is 19.1 Å². The Morgan fingerprint density at radius 1 is 1.00 bits per heavy atom. The van der Waals surface area contributed by atoms with Gasteiger partial charge in [0.05, 0.1) is 7.11 Å². The molecular weight excluding hydrogens is 368 g/mol. The zero-order valence-corrected chi connectivity index (χ0v) is 17.6. The minimum absolute atomic E-state index is 0.0502. The zero-order chi connectivity index (χ0) is 21.2. The lowest BCUT2D eigenvalue weighted by atomic mass is 10.1. The van der Waals surface area contributed by atoms with Crippen molar-refractivity contribution in [2.24, 2.45) is 0 Å². The number of hydrogen-bond acceptors (Lipinski definition) is 4. The Hall–Kier alpha value is -3.02. The Morgan fingerprint density at radius 3 is 2.21 bits per heavy atom. The molecule has 0 fully saturated rings. The predicted molar refractivity (Wildman–Crippen MR) is 113 cm³/mol. The molecule has 2 aromatic rings. The normalized spacial score (nSPS) is 12.6. The highest BCUT2D eigenvalue weighted by Crippen LogP contribution is 2.17. The van der Waals surface area contributed by atoms with Crippen LogP contribution in [0.4, 0.5) is 0 Å². The Bertz CT molecular complexity index is 777. The molecule has 1 N–H and O–H groups in total. The highest BCUT2D eigenvalue weighted by Gasteiger charge is 2.27. The number of hydrogen-bond donors (Lipinski definition) is 1. The third-order valence-electron chi connectivity index (χ3n) is 4.79. The maximum atomic E-state index is 12.9. The van der Waals surface area contributed by atoms with Gasteiger partial charge in [0.15, 0.2) is 6.61 Å². The maximum Gasteiger partial charge on any atom is 0.261 e. The molecule has 2 aromatic carbocycles. The summed E-state index contributed by atoms with van der Waals surface area (Å²) in [4.78, 5) is 27.1. The summed E-state index contributed by atoms with van der Waals surface area (Å²) in [5.41, 5.74) is 0.952. The first-order valence-electron chi connectivity index (χ1n) is 9.85. The first kappa shape index (κ1) is 22.3. The summed E-state index contributed by atoms with van der Waals surface area (Å²) < 4.78 is 10.8. The van der Waals surface area contributed by atoms with E-state index in [2.05, 4.69) is 5.32 Å². The second-order valence-electron chi connectivity index (χ2n) is 6.97. The van der Waals surface area contributed by atoms with Crippen molar-refractivity contribution in [3.05, 3.63) is 60.2 Å². The van der Waals surface area contributed by atoms with Crippen molar-refractivity contribution in [2.45, 2.75) is 45.8 Å². The third kappa shape index (κ3) is 6.82. The second-order valence-corrected chi connectivity index (χ2v) is 6.97. The van der Waals surface area contributed by atoms with Crippen molar-refractivity contribution in [3.8, 4) is 11.5 Å². The van der Waals surface area contributed by atoms with Crippen molar-refractivity contribution in [1.29, 1.82) is 0 Å². The highest BCUT2D eigenvalue weighted by atomic mass is 16.5. The molecular formula is C23H30N2O4. The number of rotatable bonds is 10. The molecule has 0 aliphatic rings. The summed E-state index contributed by atoms with van der Waals surface area (Å²) in [6, 6.07) is 16.1. The summed E-state index contributed by atoms with van der Waals surface area (Å²) in [6.45, 7) is 5.87. The van der Waals surface area contributed by atoms with Gasteiger partial charge in [0, 0.05) is 12.6 Å². The van der Waals surface area contributed by atoms with Crippen LogP contribution in [0.3, 0.4) is 0 Å². The summed E-state index contributed by atoms with van der Waals surface area (Å²) in [7, 11) is 1.59. The number of carbonyl (C=O) groups is 2. The number of methoxy groups -OCH3 is 1. The van der Waals surface area contributed by atoms with Gasteiger partial charge in [-0.3, -0.25) is 9.59 Å². The molecule has 156 valence electrons. The molecule has 0 unspecified atom stereocenters. The van der Waals surface area contributed by atoms with Crippen LogP contribution in [-0.4, -0.2) is 42.5 Å². The summed E-state index contributed by atoms with van der Waals surface area (Å²) in [5.74, 6) is 0.852. The van der Waals surface area contributed by atoms with Gasteiger partial charge in [-0.05, 0) is 50.1 Å². The van der Waals surface area contributed by atoms with Gasteiger partial charge in [-0.2, -0.15) is 0 Å². The SMILES string of the molecule is CC[C@@H](C)NC(=O)[C@@H](C)N(Cc1ccccc1)C(=O)COc1ccc(OC)cc1. The minimum Gasteiger partial charge on any atom is -0.497 e. The zero-order valence-electron chi connectivity index (χ0n) is 17.6. The molecule has 0 aliphatic heterocycles. The topological polar surface area (TPSA) is 67.9 Å². The molecule has 0 aliphatic carbocycles.